The molecule has 1 aliphatic heterocycles. The van der Waals surface area contributed by atoms with Gasteiger partial charge in [0.15, 0.2) is 0 Å². The molecular weight excluding hydrogens is 296 g/mol. The largest absolute Gasteiger partial charge is 0.463 e. The van der Waals surface area contributed by atoms with Crippen molar-refractivity contribution in [1.29, 1.82) is 0 Å². The van der Waals surface area contributed by atoms with E-state index in [0.717, 1.165) is 24.3 Å². The normalized spacial score (nSPS) is 15.5. The molecule has 1 heterocycles. The molecule has 1 aromatic rings. The minimum Gasteiger partial charge on any atom is -0.463 e. The van der Waals surface area contributed by atoms with Gasteiger partial charge < -0.3 is 14.8 Å². The summed E-state index contributed by atoms with van der Waals surface area (Å²) in [4.78, 5) is 25.3. The lowest BCUT2D eigenvalue weighted by atomic mass is 10.2. The maximum absolute atomic E-state index is 12.0. The summed E-state index contributed by atoms with van der Waals surface area (Å²) in [6.45, 7) is 5.41. The van der Waals surface area contributed by atoms with Crippen molar-refractivity contribution in [3.63, 3.8) is 0 Å². The van der Waals surface area contributed by atoms with E-state index in [1.807, 2.05) is 24.3 Å². The van der Waals surface area contributed by atoms with E-state index in [-0.39, 0.29) is 11.9 Å². The van der Waals surface area contributed by atoms with E-state index in [4.69, 9.17) is 9.47 Å². The van der Waals surface area contributed by atoms with E-state index in [2.05, 4.69) is 10.2 Å². The van der Waals surface area contributed by atoms with Gasteiger partial charge in [-0.05, 0) is 30.7 Å². The van der Waals surface area contributed by atoms with E-state index in [1.165, 1.54) is 6.08 Å². The molecule has 6 heteroatoms. The van der Waals surface area contributed by atoms with Crippen molar-refractivity contribution in [2.45, 2.75) is 6.92 Å². The Morgan fingerprint density at radius 2 is 1.96 bits per heavy atom. The summed E-state index contributed by atoms with van der Waals surface area (Å²) >= 11 is 0. The van der Waals surface area contributed by atoms with Crippen LogP contribution in [-0.2, 0) is 19.1 Å². The number of ether oxygens (including phenoxy) is 2. The minimum absolute atomic E-state index is 0.0401. The molecule has 0 atom stereocenters. The summed E-state index contributed by atoms with van der Waals surface area (Å²) in [5, 5.41) is 2.86. The van der Waals surface area contributed by atoms with Crippen LogP contribution in [0.2, 0.25) is 0 Å². The molecule has 0 saturated carbocycles. The number of hydrogen-bond donors (Lipinski definition) is 1. The van der Waals surface area contributed by atoms with Crippen LogP contribution in [0.5, 0.6) is 0 Å². The first kappa shape index (κ1) is 17.2. The number of rotatable bonds is 6. The van der Waals surface area contributed by atoms with Crippen molar-refractivity contribution < 1.29 is 19.1 Å². The van der Waals surface area contributed by atoms with Gasteiger partial charge in [0, 0.05) is 24.9 Å². The molecular formula is C17H22N2O4. The van der Waals surface area contributed by atoms with Crippen molar-refractivity contribution in [2.24, 2.45) is 0 Å². The molecule has 0 unspecified atom stereocenters. The van der Waals surface area contributed by atoms with Crippen LogP contribution >= 0.6 is 0 Å². The van der Waals surface area contributed by atoms with Crippen LogP contribution in [0.15, 0.2) is 30.3 Å². The molecule has 124 valence electrons. The Hall–Kier alpha value is -2.18. The molecule has 0 spiro atoms. The Morgan fingerprint density at radius 3 is 2.61 bits per heavy atom. The summed E-state index contributed by atoms with van der Waals surface area (Å²) in [6, 6.07) is 7.28. The predicted molar refractivity (Wildman–Crippen MR) is 88.0 cm³/mol. The van der Waals surface area contributed by atoms with Crippen molar-refractivity contribution in [3.8, 4) is 0 Å². The third kappa shape index (κ3) is 6.22. The highest BCUT2D eigenvalue weighted by Gasteiger charge is 2.13. The standard InChI is InChI=1S/C17H22N2O4/c1-2-23-17(21)8-5-14-3-6-15(7-4-14)18-16(20)13-19-9-11-22-12-10-19/h3-8H,2,9-13H2,1H3,(H,18,20)/b8-5+. The third-order valence-corrected chi connectivity index (χ3v) is 3.36. The molecule has 23 heavy (non-hydrogen) atoms. The lowest BCUT2D eigenvalue weighted by molar-refractivity contribution is -0.137. The Kier molecular flexibility index (Phi) is 6.77. The zero-order valence-corrected chi connectivity index (χ0v) is 13.3. The number of esters is 1. The van der Waals surface area contributed by atoms with Crippen LogP contribution in [0.1, 0.15) is 12.5 Å². The van der Waals surface area contributed by atoms with E-state index in [1.54, 1.807) is 13.0 Å². The highest BCUT2D eigenvalue weighted by atomic mass is 16.5. The molecule has 1 fully saturated rings. The second-order valence-electron chi connectivity index (χ2n) is 5.14. The van der Waals surface area contributed by atoms with Gasteiger partial charge in [0.05, 0.1) is 26.4 Å². The molecule has 6 nitrogen and oxygen atoms in total. The second kappa shape index (κ2) is 9.07. The van der Waals surface area contributed by atoms with Crippen LogP contribution in [0, 0.1) is 0 Å². The number of carbonyl (C=O) groups is 2. The number of anilines is 1. The van der Waals surface area contributed by atoms with Crippen LogP contribution in [-0.4, -0.2) is 56.2 Å². The third-order valence-electron chi connectivity index (χ3n) is 3.36. The zero-order valence-electron chi connectivity index (χ0n) is 13.3. The van der Waals surface area contributed by atoms with Gasteiger partial charge in [0.2, 0.25) is 5.91 Å². The van der Waals surface area contributed by atoms with Crippen LogP contribution in [0.3, 0.4) is 0 Å². The van der Waals surface area contributed by atoms with Gasteiger partial charge in [0.1, 0.15) is 0 Å². The fraction of sp³-hybridized carbons (Fsp3) is 0.412. The van der Waals surface area contributed by atoms with Gasteiger partial charge in [-0.1, -0.05) is 12.1 Å². The van der Waals surface area contributed by atoms with Crippen molar-refractivity contribution in [2.75, 3.05) is 44.8 Å². The molecule has 0 radical (unpaired) electrons. The fourth-order valence-corrected chi connectivity index (χ4v) is 2.20. The summed E-state index contributed by atoms with van der Waals surface area (Å²) in [5.41, 5.74) is 1.60. The highest BCUT2D eigenvalue weighted by molar-refractivity contribution is 5.92. The van der Waals surface area contributed by atoms with Gasteiger partial charge in [-0.2, -0.15) is 0 Å². The van der Waals surface area contributed by atoms with Crippen LogP contribution in [0.25, 0.3) is 6.08 Å². The summed E-state index contributed by atoms with van der Waals surface area (Å²) in [6.07, 6.45) is 3.06. The Morgan fingerprint density at radius 1 is 1.26 bits per heavy atom. The number of morpholine rings is 1. The van der Waals surface area contributed by atoms with Gasteiger partial charge >= 0.3 is 5.97 Å². The van der Waals surface area contributed by atoms with E-state index in [9.17, 15) is 9.59 Å². The van der Waals surface area contributed by atoms with E-state index < -0.39 is 0 Å². The van der Waals surface area contributed by atoms with Crippen molar-refractivity contribution >= 4 is 23.6 Å². The molecule has 1 amide bonds. The van der Waals surface area contributed by atoms with Gasteiger partial charge in [-0.15, -0.1) is 0 Å². The molecule has 2 rings (SSSR count). The predicted octanol–water partition coefficient (Wildman–Crippen LogP) is 1.53. The maximum Gasteiger partial charge on any atom is 0.330 e. The molecule has 0 aliphatic carbocycles. The molecule has 0 bridgehead atoms. The molecule has 1 aliphatic rings. The quantitative estimate of drug-likeness (QED) is 0.636. The smallest absolute Gasteiger partial charge is 0.330 e. The van der Waals surface area contributed by atoms with Gasteiger partial charge in [-0.3, -0.25) is 9.69 Å². The Labute approximate surface area is 136 Å². The number of hydrogen-bond acceptors (Lipinski definition) is 5. The van der Waals surface area contributed by atoms with Crippen LogP contribution < -0.4 is 5.32 Å². The van der Waals surface area contributed by atoms with Crippen molar-refractivity contribution in [1.82, 2.24) is 4.90 Å². The fourth-order valence-electron chi connectivity index (χ4n) is 2.20. The Balaban J connectivity index is 1.82. The average Bonchev–Trinajstić information content (AvgIpc) is 2.55. The Bertz CT molecular complexity index is 548. The average molecular weight is 318 g/mol. The van der Waals surface area contributed by atoms with Crippen molar-refractivity contribution in [3.05, 3.63) is 35.9 Å². The van der Waals surface area contributed by atoms with E-state index in [0.29, 0.717) is 26.4 Å². The molecule has 1 saturated heterocycles. The number of benzene rings is 1. The highest BCUT2D eigenvalue weighted by Crippen LogP contribution is 2.11. The topological polar surface area (TPSA) is 67.9 Å². The lowest BCUT2D eigenvalue weighted by Crippen LogP contribution is -2.41. The summed E-state index contributed by atoms with van der Waals surface area (Å²) in [7, 11) is 0. The molecule has 0 aromatic heterocycles. The number of nitrogens with one attached hydrogen (secondary N) is 1. The van der Waals surface area contributed by atoms with Gasteiger partial charge in [-0.25, -0.2) is 4.79 Å². The minimum atomic E-state index is -0.365. The number of amides is 1. The first-order valence-corrected chi connectivity index (χ1v) is 7.72. The first-order chi connectivity index (χ1) is 11.2. The molecule has 1 N–H and O–H groups in total. The zero-order chi connectivity index (χ0) is 16.5. The molecule has 1 aromatic carbocycles. The monoisotopic (exact) mass is 318 g/mol. The van der Waals surface area contributed by atoms with Crippen LogP contribution in [0.4, 0.5) is 5.69 Å². The second-order valence-corrected chi connectivity index (χ2v) is 5.14. The van der Waals surface area contributed by atoms with Gasteiger partial charge in [0.25, 0.3) is 0 Å². The summed E-state index contributed by atoms with van der Waals surface area (Å²) in [5.74, 6) is -0.405. The number of nitrogens with zero attached hydrogens (tertiary/aromatic N) is 1. The summed E-state index contributed by atoms with van der Waals surface area (Å²) < 4.78 is 10.1. The first-order valence-electron chi connectivity index (χ1n) is 7.72. The van der Waals surface area contributed by atoms with E-state index >= 15 is 0 Å². The lowest BCUT2D eigenvalue weighted by Gasteiger charge is -2.25. The SMILES string of the molecule is CCOC(=O)/C=C/c1ccc(NC(=O)CN2CCOCC2)cc1. The number of carbonyl (C=O) groups excluding carboxylic acids is 2. The maximum atomic E-state index is 12.0.